The summed E-state index contributed by atoms with van der Waals surface area (Å²) in [5.74, 6) is 0. The number of benzene rings is 2. The maximum absolute atomic E-state index is 2.56. The second-order valence-electron chi connectivity index (χ2n) is 12.3. The molecule has 0 aliphatic rings. The van der Waals surface area contributed by atoms with E-state index in [4.69, 9.17) is 0 Å². The lowest BCUT2D eigenvalue weighted by Gasteiger charge is -2.34. The number of hydrogen-bond donors (Lipinski definition) is 0. The maximum atomic E-state index is 2.56. The van der Waals surface area contributed by atoms with Crippen LogP contribution in [0.15, 0.2) is 60.7 Å². The molecular formula is C30H55PSi4. The van der Waals surface area contributed by atoms with E-state index in [0.29, 0.717) is 0 Å². The van der Waals surface area contributed by atoms with Crippen molar-refractivity contribution in [2.24, 2.45) is 0 Å². The van der Waals surface area contributed by atoms with Crippen LogP contribution in [0.5, 0.6) is 0 Å². The lowest BCUT2D eigenvalue weighted by Crippen LogP contribution is -2.35. The Bertz CT molecular complexity index is 704. The predicted octanol–water partition coefficient (Wildman–Crippen LogP) is 8.59. The van der Waals surface area contributed by atoms with Gasteiger partial charge in [0.1, 0.15) is 0 Å². The molecule has 0 aliphatic carbocycles. The fourth-order valence-electron chi connectivity index (χ4n) is 5.64. The van der Waals surface area contributed by atoms with Crippen LogP contribution in [0.25, 0.3) is 0 Å². The third-order valence-corrected chi connectivity index (χ3v) is 20.6. The van der Waals surface area contributed by atoms with Gasteiger partial charge in [0.15, 0.2) is 0 Å². The summed E-state index contributed by atoms with van der Waals surface area (Å²) >= 11 is 0. The molecule has 0 saturated carbocycles. The van der Waals surface area contributed by atoms with E-state index < -0.39 is 34.5 Å². The molecule has 0 unspecified atom stereocenters. The summed E-state index contributed by atoms with van der Waals surface area (Å²) in [7, 11) is -2.72. The van der Waals surface area contributed by atoms with Gasteiger partial charge < -0.3 is 0 Å². The number of rotatable bonds is 18. The van der Waals surface area contributed by atoms with Crippen molar-refractivity contribution < 1.29 is 0 Å². The fourth-order valence-corrected chi connectivity index (χ4v) is 17.9. The van der Waals surface area contributed by atoms with Crippen molar-refractivity contribution in [3.63, 3.8) is 0 Å². The first-order valence-corrected chi connectivity index (χ1v) is 28.4. The molecule has 0 bridgehead atoms. The van der Waals surface area contributed by atoms with Crippen LogP contribution in [0.3, 0.4) is 0 Å². The van der Waals surface area contributed by atoms with Crippen molar-refractivity contribution in [1.82, 2.24) is 0 Å². The highest BCUT2D eigenvalue weighted by Crippen LogP contribution is 2.39. The average Bonchev–Trinajstić information content (AvgIpc) is 2.82. The fraction of sp³-hybridized carbons (Fsp3) is 0.600. The Morgan fingerprint density at radius 2 is 0.857 bits per heavy atom. The highest BCUT2D eigenvalue weighted by Gasteiger charge is 2.31. The number of hydrogen-bond acceptors (Lipinski definition) is 0. The van der Waals surface area contributed by atoms with Crippen LogP contribution in [0.2, 0.25) is 81.6 Å². The summed E-state index contributed by atoms with van der Waals surface area (Å²) in [6.45, 7) is 15.4. The molecule has 0 nitrogen and oxygen atoms in total. The van der Waals surface area contributed by atoms with Crippen molar-refractivity contribution in [3.05, 3.63) is 60.7 Å². The van der Waals surface area contributed by atoms with Crippen LogP contribution in [0, 0.1) is 0 Å². The van der Waals surface area contributed by atoms with Crippen molar-refractivity contribution in [3.8, 4) is 0 Å². The first-order valence-electron chi connectivity index (χ1n) is 14.7. The van der Waals surface area contributed by atoms with Gasteiger partial charge in [0.2, 0.25) is 0 Å². The molecule has 2 aromatic rings. The largest absolute Gasteiger partial charge is 0.0722 e. The molecule has 0 atom stereocenters. The summed E-state index contributed by atoms with van der Waals surface area (Å²) < 4.78 is 0. The van der Waals surface area contributed by atoms with Crippen LogP contribution in [-0.2, 0) is 0 Å². The van der Waals surface area contributed by atoms with Crippen molar-refractivity contribution in [2.75, 3.05) is 6.16 Å². The topological polar surface area (TPSA) is 0 Å². The van der Waals surface area contributed by atoms with E-state index in [1.807, 2.05) is 0 Å². The van der Waals surface area contributed by atoms with Gasteiger partial charge in [-0.2, -0.15) is 0 Å². The van der Waals surface area contributed by atoms with Crippen molar-refractivity contribution in [1.29, 1.82) is 0 Å². The molecule has 0 radical (unpaired) electrons. The zero-order valence-electron chi connectivity index (χ0n) is 23.9. The van der Waals surface area contributed by atoms with Crippen molar-refractivity contribution >= 4 is 53.0 Å². The van der Waals surface area contributed by atoms with Gasteiger partial charge >= 0.3 is 0 Å². The maximum Gasteiger partial charge on any atom is 0.0535 e. The van der Waals surface area contributed by atoms with Crippen LogP contribution in [-0.4, -0.2) is 40.6 Å². The van der Waals surface area contributed by atoms with Gasteiger partial charge in [-0.15, -0.1) is 0 Å². The van der Waals surface area contributed by atoms with Crippen LogP contribution >= 0.6 is 7.92 Å². The molecule has 2 rings (SSSR count). The molecule has 0 aromatic heterocycles. The van der Waals surface area contributed by atoms with Gasteiger partial charge in [0.25, 0.3) is 0 Å². The molecule has 2 aromatic carbocycles. The van der Waals surface area contributed by atoms with Gasteiger partial charge in [0.05, 0.1) is 8.07 Å². The zero-order chi connectivity index (χ0) is 25.5. The van der Waals surface area contributed by atoms with E-state index in [1.165, 1.54) is 12.6 Å². The predicted molar refractivity (Wildman–Crippen MR) is 178 cm³/mol. The Labute approximate surface area is 226 Å². The molecular weight excluding hydrogens is 504 g/mol. The Morgan fingerprint density at radius 1 is 0.514 bits per heavy atom. The Balaban J connectivity index is 2.16. The minimum absolute atomic E-state index is 0.231. The molecule has 0 heterocycles. The molecule has 0 fully saturated rings. The Hall–Kier alpha value is -0.262. The zero-order valence-corrected chi connectivity index (χ0v) is 29.3. The minimum Gasteiger partial charge on any atom is -0.0722 e. The monoisotopic (exact) mass is 558 g/mol. The van der Waals surface area contributed by atoms with E-state index in [2.05, 4.69) is 99.9 Å². The molecule has 5 heteroatoms. The van der Waals surface area contributed by atoms with E-state index in [1.54, 1.807) is 72.2 Å². The Morgan fingerprint density at radius 3 is 1.20 bits per heavy atom. The standard InChI is InChI=1S/C30H55PSi4/c1-32(2)22-14-26-35(27-15-23-33(3)4,28-16-24-34(5)6)25-13-21-31(29-17-9-7-10-18-29)30-19-11-8-12-20-30/h7-12,17-20,32-34H,13-16,21-28H2,1-6H3. The second-order valence-corrected chi connectivity index (χ2v) is 29.7. The average molecular weight is 559 g/mol. The van der Waals surface area contributed by atoms with Gasteiger partial charge in [-0.05, 0) is 24.7 Å². The first-order chi connectivity index (χ1) is 16.8. The highest BCUT2D eigenvalue weighted by atomic mass is 31.1. The quantitative estimate of drug-likeness (QED) is 0.127. The van der Waals surface area contributed by atoms with Crippen LogP contribution in [0.1, 0.15) is 25.7 Å². The SMILES string of the molecule is C[SiH](C)CCC[Si](CCC[SiH](C)C)(CCC[SiH](C)C)CCCP(c1ccccc1)c1ccccc1. The van der Waals surface area contributed by atoms with Crippen LogP contribution < -0.4 is 10.6 Å². The lowest BCUT2D eigenvalue weighted by atomic mass is 10.4. The summed E-state index contributed by atoms with van der Waals surface area (Å²) in [4.78, 5) is 0. The van der Waals surface area contributed by atoms with Crippen LogP contribution in [0.4, 0.5) is 0 Å². The third kappa shape index (κ3) is 12.7. The smallest absolute Gasteiger partial charge is 0.0535 e. The summed E-state index contributed by atoms with van der Waals surface area (Å²) in [6.07, 6.45) is 7.51. The van der Waals surface area contributed by atoms with Gasteiger partial charge in [-0.3, -0.25) is 0 Å². The third-order valence-electron chi connectivity index (χ3n) is 7.69. The minimum atomic E-state index is -1.19. The summed E-state index contributed by atoms with van der Waals surface area (Å²) in [6, 6.07) is 34.1. The van der Waals surface area contributed by atoms with Gasteiger partial charge in [-0.25, -0.2) is 0 Å². The van der Waals surface area contributed by atoms with E-state index in [9.17, 15) is 0 Å². The van der Waals surface area contributed by atoms with Gasteiger partial charge in [-0.1, -0.05) is 168 Å². The molecule has 0 N–H and O–H groups in total. The first kappa shape index (κ1) is 31.0. The van der Waals surface area contributed by atoms with Gasteiger partial charge in [0, 0.05) is 26.4 Å². The normalized spacial score (nSPS) is 12.4. The van der Waals surface area contributed by atoms with E-state index >= 15 is 0 Å². The Kier molecular flexibility index (Phi) is 15.3. The molecule has 0 aliphatic heterocycles. The lowest BCUT2D eigenvalue weighted by molar-refractivity contribution is 0.874. The molecule has 0 amide bonds. The second kappa shape index (κ2) is 17.3. The molecule has 196 valence electrons. The molecule has 0 spiro atoms. The molecule has 0 saturated heterocycles. The van der Waals surface area contributed by atoms with Crippen molar-refractivity contribution in [2.45, 2.75) is 107 Å². The van der Waals surface area contributed by atoms with E-state index in [-0.39, 0.29) is 7.92 Å². The summed E-state index contributed by atoms with van der Waals surface area (Å²) in [5.41, 5.74) is 0. The summed E-state index contributed by atoms with van der Waals surface area (Å²) in [5, 5.41) is 3.15. The molecule has 35 heavy (non-hydrogen) atoms. The van der Waals surface area contributed by atoms with E-state index in [0.717, 1.165) is 0 Å². The highest BCUT2D eigenvalue weighted by molar-refractivity contribution is 7.73.